The van der Waals surface area contributed by atoms with Crippen LogP contribution in [-0.2, 0) is 6.42 Å². The molecule has 1 rings (SSSR count). The van der Waals surface area contributed by atoms with Crippen LogP contribution in [-0.4, -0.2) is 15.0 Å². The van der Waals surface area contributed by atoms with Crippen LogP contribution in [0.4, 0.5) is 11.9 Å². The first-order valence-electron chi connectivity index (χ1n) is 4.09. The molecule has 0 fully saturated rings. The lowest BCUT2D eigenvalue weighted by atomic mass is 10.2. The molecule has 1 aromatic heterocycles. The minimum absolute atomic E-state index is 0.182. The molecule has 5 heteroatoms. The normalized spacial score (nSPS) is 9.85. The second-order valence-electron chi connectivity index (χ2n) is 2.65. The molecule has 0 saturated carbocycles. The third kappa shape index (κ3) is 3.06. The highest BCUT2D eigenvalue weighted by Gasteiger charge is 2.00. The van der Waals surface area contributed by atoms with E-state index in [9.17, 15) is 0 Å². The second kappa shape index (κ2) is 4.39. The monoisotopic (exact) mass is 179 g/mol. The molecule has 0 aliphatic heterocycles. The molecule has 0 aromatic carbocycles. The van der Waals surface area contributed by atoms with Crippen LogP contribution in [0.15, 0.2) is 12.7 Å². The fourth-order valence-corrected chi connectivity index (χ4v) is 0.973. The number of unbranched alkanes of at least 4 members (excludes halogenated alkanes) is 1. The van der Waals surface area contributed by atoms with E-state index in [4.69, 9.17) is 11.5 Å². The lowest BCUT2D eigenvalue weighted by Gasteiger charge is -2.00. The summed E-state index contributed by atoms with van der Waals surface area (Å²) in [6.07, 6.45) is 4.49. The number of hydrogen-bond acceptors (Lipinski definition) is 5. The predicted molar refractivity (Wildman–Crippen MR) is 51.8 cm³/mol. The fraction of sp³-hybridized carbons (Fsp3) is 0.375. The molecule has 0 unspecified atom stereocenters. The van der Waals surface area contributed by atoms with E-state index in [1.165, 1.54) is 0 Å². The van der Waals surface area contributed by atoms with Crippen LogP contribution in [0.2, 0.25) is 0 Å². The van der Waals surface area contributed by atoms with Gasteiger partial charge in [-0.15, -0.1) is 6.58 Å². The first kappa shape index (κ1) is 9.44. The van der Waals surface area contributed by atoms with Gasteiger partial charge in [0, 0.05) is 6.42 Å². The van der Waals surface area contributed by atoms with Gasteiger partial charge in [0.25, 0.3) is 0 Å². The van der Waals surface area contributed by atoms with E-state index in [-0.39, 0.29) is 11.9 Å². The lowest BCUT2D eigenvalue weighted by Crippen LogP contribution is -2.06. The number of aromatic nitrogens is 3. The highest BCUT2D eigenvalue weighted by atomic mass is 15.1. The number of aryl methyl sites for hydroxylation is 1. The molecule has 0 amide bonds. The van der Waals surface area contributed by atoms with Crippen molar-refractivity contribution in [2.24, 2.45) is 0 Å². The van der Waals surface area contributed by atoms with Crippen LogP contribution in [0.1, 0.15) is 18.7 Å². The molecule has 13 heavy (non-hydrogen) atoms. The topological polar surface area (TPSA) is 90.7 Å². The zero-order valence-corrected chi connectivity index (χ0v) is 7.40. The van der Waals surface area contributed by atoms with E-state index in [1.54, 1.807) is 0 Å². The quantitative estimate of drug-likeness (QED) is 0.520. The van der Waals surface area contributed by atoms with Crippen molar-refractivity contribution in [2.45, 2.75) is 19.3 Å². The van der Waals surface area contributed by atoms with Crippen molar-refractivity contribution in [3.05, 3.63) is 18.5 Å². The SMILES string of the molecule is C=CCCCc1nc(N)nc(N)n1. The Bertz CT molecular complexity index is 276. The smallest absolute Gasteiger partial charge is 0.225 e. The summed E-state index contributed by atoms with van der Waals surface area (Å²) in [5, 5.41) is 0. The van der Waals surface area contributed by atoms with E-state index < -0.39 is 0 Å². The average Bonchev–Trinajstić information content (AvgIpc) is 2.03. The van der Waals surface area contributed by atoms with Crippen molar-refractivity contribution in [3.8, 4) is 0 Å². The Balaban J connectivity index is 2.60. The Hall–Kier alpha value is -1.65. The average molecular weight is 179 g/mol. The van der Waals surface area contributed by atoms with Gasteiger partial charge in [-0.05, 0) is 12.8 Å². The third-order valence-electron chi connectivity index (χ3n) is 1.52. The Morgan fingerprint density at radius 1 is 1.15 bits per heavy atom. The summed E-state index contributed by atoms with van der Waals surface area (Å²) in [6.45, 7) is 3.62. The van der Waals surface area contributed by atoms with Crippen molar-refractivity contribution >= 4 is 11.9 Å². The molecule has 0 atom stereocenters. The Labute approximate surface area is 76.9 Å². The van der Waals surface area contributed by atoms with Gasteiger partial charge in [-0.1, -0.05) is 6.08 Å². The van der Waals surface area contributed by atoms with Gasteiger partial charge >= 0.3 is 0 Å². The van der Waals surface area contributed by atoms with E-state index >= 15 is 0 Å². The van der Waals surface area contributed by atoms with E-state index in [0.29, 0.717) is 5.82 Å². The summed E-state index contributed by atoms with van der Waals surface area (Å²) in [5.41, 5.74) is 10.8. The van der Waals surface area contributed by atoms with Crippen LogP contribution in [0.25, 0.3) is 0 Å². The third-order valence-corrected chi connectivity index (χ3v) is 1.52. The molecule has 1 aromatic rings. The second-order valence-corrected chi connectivity index (χ2v) is 2.65. The molecule has 5 nitrogen and oxygen atoms in total. The zero-order chi connectivity index (χ0) is 9.68. The number of hydrogen-bond donors (Lipinski definition) is 2. The molecule has 70 valence electrons. The van der Waals surface area contributed by atoms with Crippen molar-refractivity contribution in [1.82, 2.24) is 15.0 Å². The lowest BCUT2D eigenvalue weighted by molar-refractivity contribution is 0.781. The molecule has 0 spiro atoms. The summed E-state index contributed by atoms with van der Waals surface area (Å²) in [4.78, 5) is 11.6. The summed E-state index contributed by atoms with van der Waals surface area (Å²) >= 11 is 0. The summed E-state index contributed by atoms with van der Waals surface area (Å²) in [6, 6.07) is 0. The number of anilines is 2. The number of nitrogen functional groups attached to an aromatic ring is 2. The molecule has 0 saturated heterocycles. The van der Waals surface area contributed by atoms with E-state index in [2.05, 4.69) is 21.5 Å². The van der Waals surface area contributed by atoms with E-state index in [1.807, 2.05) is 6.08 Å². The molecule has 0 bridgehead atoms. The van der Waals surface area contributed by atoms with Crippen molar-refractivity contribution < 1.29 is 0 Å². The number of allylic oxidation sites excluding steroid dienone is 1. The standard InChI is InChI=1S/C8H13N5/c1-2-3-4-5-6-11-7(9)13-8(10)12-6/h2H,1,3-5H2,(H4,9,10,11,12,13). The Morgan fingerprint density at radius 3 is 2.31 bits per heavy atom. The van der Waals surface area contributed by atoms with Gasteiger partial charge in [-0.25, -0.2) is 0 Å². The van der Waals surface area contributed by atoms with Crippen molar-refractivity contribution in [3.63, 3.8) is 0 Å². The van der Waals surface area contributed by atoms with Crippen LogP contribution >= 0.6 is 0 Å². The Kier molecular flexibility index (Phi) is 3.19. The molecular formula is C8H13N5. The van der Waals surface area contributed by atoms with Crippen LogP contribution < -0.4 is 11.5 Å². The molecule has 0 aliphatic rings. The van der Waals surface area contributed by atoms with Gasteiger partial charge in [-0.2, -0.15) is 15.0 Å². The van der Waals surface area contributed by atoms with Gasteiger partial charge in [0.05, 0.1) is 0 Å². The van der Waals surface area contributed by atoms with Gasteiger partial charge in [0.2, 0.25) is 11.9 Å². The maximum atomic E-state index is 5.40. The van der Waals surface area contributed by atoms with Crippen molar-refractivity contribution in [2.75, 3.05) is 11.5 Å². The Morgan fingerprint density at radius 2 is 1.77 bits per heavy atom. The molecule has 0 radical (unpaired) electrons. The van der Waals surface area contributed by atoms with Gasteiger partial charge in [-0.3, -0.25) is 0 Å². The largest absolute Gasteiger partial charge is 0.368 e. The van der Waals surface area contributed by atoms with Crippen LogP contribution in [0.5, 0.6) is 0 Å². The fourth-order valence-electron chi connectivity index (χ4n) is 0.973. The van der Waals surface area contributed by atoms with E-state index in [0.717, 1.165) is 19.3 Å². The number of nitrogens with zero attached hydrogens (tertiary/aromatic N) is 3. The number of nitrogens with two attached hydrogens (primary N) is 2. The predicted octanol–water partition coefficient (Wildman–Crippen LogP) is 0.545. The van der Waals surface area contributed by atoms with Gasteiger partial charge < -0.3 is 11.5 Å². The maximum absolute atomic E-state index is 5.40. The first-order valence-corrected chi connectivity index (χ1v) is 4.09. The summed E-state index contributed by atoms with van der Waals surface area (Å²) in [7, 11) is 0. The highest BCUT2D eigenvalue weighted by Crippen LogP contribution is 2.03. The van der Waals surface area contributed by atoms with Crippen molar-refractivity contribution in [1.29, 1.82) is 0 Å². The van der Waals surface area contributed by atoms with Gasteiger partial charge in [0.1, 0.15) is 5.82 Å². The molecule has 1 heterocycles. The highest BCUT2D eigenvalue weighted by molar-refractivity contribution is 5.25. The molecular weight excluding hydrogens is 166 g/mol. The minimum Gasteiger partial charge on any atom is -0.368 e. The molecule has 0 aliphatic carbocycles. The summed E-state index contributed by atoms with van der Waals surface area (Å²) in [5.74, 6) is 1.01. The number of rotatable bonds is 4. The van der Waals surface area contributed by atoms with Crippen LogP contribution in [0, 0.1) is 0 Å². The van der Waals surface area contributed by atoms with Gasteiger partial charge in [0.15, 0.2) is 0 Å². The molecule has 4 N–H and O–H groups in total. The minimum atomic E-state index is 0.182. The van der Waals surface area contributed by atoms with Crippen LogP contribution in [0.3, 0.4) is 0 Å². The zero-order valence-electron chi connectivity index (χ0n) is 7.40. The summed E-state index contributed by atoms with van der Waals surface area (Å²) < 4.78 is 0. The first-order chi connectivity index (χ1) is 6.22. The maximum Gasteiger partial charge on any atom is 0.225 e.